The minimum absolute atomic E-state index is 0.560. The van der Waals surface area contributed by atoms with Crippen molar-refractivity contribution in [2.45, 2.75) is 20.3 Å². The maximum atomic E-state index is 10.6. The summed E-state index contributed by atoms with van der Waals surface area (Å²) in [5.74, 6) is 1.33. The van der Waals surface area contributed by atoms with E-state index in [9.17, 15) is 4.79 Å². The molecule has 0 saturated carbocycles. The number of carbonyl (C=O) groups is 1. The molecule has 0 N–H and O–H groups in total. The van der Waals surface area contributed by atoms with Crippen LogP contribution in [0.5, 0.6) is 11.5 Å². The third-order valence-corrected chi connectivity index (χ3v) is 1.87. The average Bonchev–Trinajstić information content (AvgIpc) is 2.27. The number of hydrogen-bond acceptors (Lipinski definition) is 3. The SMILES string of the molecule is CCCOc1ccc(C=O)cc1OCC. The molecule has 0 heterocycles. The minimum atomic E-state index is 0.560. The normalized spacial score (nSPS) is 9.73. The first-order valence-electron chi connectivity index (χ1n) is 5.16. The van der Waals surface area contributed by atoms with Crippen molar-refractivity contribution in [3.05, 3.63) is 23.8 Å². The van der Waals surface area contributed by atoms with Gasteiger partial charge in [-0.15, -0.1) is 0 Å². The Hall–Kier alpha value is -1.51. The molecule has 0 radical (unpaired) electrons. The minimum Gasteiger partial charge on any atom is -0.490 e. The summed E-state index contributed by atoms with van der Waals surface area (Å²) in [5, 5.41) is 0. The summed E-state index contributed by atoms with van der Waals surface area (Å²) in [7, 11) is 0. The van der Waals surface area contributed by atoms with Crippen LogP contribution in [0.15, 0.2) is 18.2 Å². The zero-order valence-corrected chi connectivity index (χ0v) is 9.16. The Morgan fingerprint density at radius 3 is 2.60 bits per heavy atom. The molecule has 0 fully saturated rings. The highest BCUT2D eigenvalue weighted by Gasteiger charge is 2.05. The molecule has 1 aromatic carbocycles. The van der Waals surface area contributed by atoms with Crippen molar-refractivity contribution < 1.29 is 14.3 Å². The van der Waals surface area contributed by atoms with Crippen molar-refractivity contribution in [3.8, 4) is 11.5 Å². The number of rotatable bonds is 6. The lowest BCUT2D eigenvalue weighted by Gasteiger charge is -2.11. The predicted octanol–water partition coefficient (Wildman–Crippen LogP) is 2.69. The highest BCUT2D eigenvalue weighted by molar-refractivity contribution is 5.76. The number of hydrogen-bond donors (Lipinski definition) is 0. The second-order valence-corrected chi connectivity index (χ2v) is 3.11. The van der Waals surface area contributed by atoms with Crippen LogP contribution in [0.25, 0.3) is 0 Å². The average molecular weight is 208 g/mol. The first-order valence-corrected chi connectivity index (χ1v) is 5.16. The molecular formula is C12H16O3. The van der Waals surface area contributed by atoms with Crippen LogP contribution in [0, 0.1) is 0 Å². The highest BCUT2D eigenvalue weighted by atomic mass is 16.5. The Balaban J connectivity index is 2.87. The van der Waals surface area contributed by atoms with Gasteiger partial charge in [0.15, 0.2) is 11.5 Å². The molecule has 0 aliphatic heterocycles. The van der Waals surface area contributed by atoms with E-state index in [0.717, 1.165) is 12.7 Å². The van der Waals surface area contributed by atoms with Crippen LogP contribution in [0.1, 0.15) is 30.6 Å². The molecule has 0 spiro atoms. The van der Waals surface area contributed by atoms with E-state index in [2.05, 4.69) is 0 Å². The van der Waals surface area contributed by atoms with Crippen molar-refractivity contribution in [2.75, 3.05) is 13.2 Å². The molecule has 0 bridgehead atoms. The molecule has 0 aromatic heterocycles. The number of benzene rings is 1. The molecule has 0 saturated heterocycles. The zero-order chi connectivity index (χ0) is 11.1. The molecule has 0 amide bonds. The Morgan fingerprint density at radius 2 is 2.00 bits per heavy atom. The van der Waals surface area contributed by atoms with Crippen molar-refractivity contribution in [1.29, 1.82) is 0 Å². The number of aldehydes is 1. The van der Waals surface area contributed by atoms with Crippen LogP contribution in [-0.2, 0) is 0 Å². The van der Waals surface area contributed by atoms with E-state index in [-0.39, 0.29) is 0 Å². The van der Waals surface area contributed by atoms with Crippen molar-refractivity contribution >= 4 is 6.29 Å². The molecule has 15 heavy (non-hydrogen) atoms. The second kappa shape index (κ2) is 6.06. The monoisotopic (exact) mass is 208 g/mol. The third kappa shape index (κ3) is 3.27. The fourth-order valence-electron chi connectivity index (χ4n) is 1.20. The van der Waals surface area contributed by atoms with Crippen molar-refractivity contribution in [2.24, 2.45) is 0 Å². The molecule has 3 nitrogen and oxygen atoms in total. The smallest absolute Gasteiger partial charge is 0.161 e. The van der Waals surface area contributed by atoms with E-state index < -0.39 is 0 Å². The Kier molecular flexibility index (Phi) is 4.68. The van der Waals surface area contributed by atoms with Gasteiger partial charge in [-0.1, -0.05) is 6.92 Å². The number of carbonyl (C=O) groups excluding carboxylic acids is 1. The fourth-order valence-corrected chi connectivity index (χ4v) is 1.20. The van der Waals surface area contributed by atoms with E-state index in [4.69, 9.17) is 9.47 Å². The molecule has 1 aromatic rings. The Morgan fingerprint density at radius 1 is 1.20 bits per heavy atom. The van der Waals surface area contributed by atoms with Crippen LogP contribution in [0.2, 0.25) is 0 Å². The summed E-state index contributed by atoms with van der Waals surface area (Å²) in [6.45, 7) is 5.16. The summed E-state index contributed by atoms with van der Waals surface area (Å²) in [6, 6.07) is 5.19. The van der Waals surface area contributed by atoms with E-state index in [1.54, 1.807) is 18.2 Å². The number of ether oxygens (including phenoxy) is 2. The summed E-state index contributed by atoms with van der Waals surface area (Å²) < 4.78 is 10.9. The summed E-state index contributed by atoms with van der Waals surface area (Å²) in [4.78, 5) is 10.6. The molecule has 0 aliphatic carbocycles. The molecule has 3 heteroatoms. The third-order valence-electron chi connectivity index (χ3n) is 1.87. The Labute approximate surface area is 90.0 Å². The summed E-state index contributed by atoms with van der Waals surface area (Å²) >= 11 is 0. The zero-order valence-electron chi connectivity index (χ0n) is 9.16. The van der Waals surface area contributed by atoms with Gasteiger partial charge in [-0.05, 0) is 31.5 Å². The second-order valence-electron chi connectivity index (χ2n) is 3.11. The van der Waals surface area contributed by atoms with Crippen molar-refractivity contribution in [3.63, 3.8) is 0 Å². The van der Waals surface area contributed by atoms with Gasteiger partial charge in [0.1, 0.15) is 6.29 Å². The fraction of sp³-hybridized carbons (Fsp3) is 0.417. The molecule has 1 rings (SSSR count). The first-order chi connectivity index (χ1) is 7.31. The quantitative estimate of drug-likeness (QED) is 0.674. The lowest BCUT2D eigenvalue weighted by atomic mass is 10.2. The maximum Gasteiger partial charge on any atom is 0.161 e. The summed E-state index contributed by atoms with van der Waals surface area (Å²) in [6.07, 6.45) is 1.74. The Bertz CT molecular complexity index is 321. The van der Waals surface area contributed by atoms with Gasteiger partial charge in [0.05, 0.1) is 13.2 Å². The summed E-state index contributed by atoms with van der Waals surface area (Å²) in [5.41, 5.74) is 0.599. The molecule has 0 aliphatic rings. The van der Waals surface area contributed by atoms with Gasteiger partial charge in [-0.2, -0.15) is 0 Å². The van der Waals surface area contributed by atoms with Gasteiger partial charge in [0.25, 0.3) is 0 Å². The maximum absolute atomic E-state index is 10.6. The van der Waals surface area contributed by atoms with E-state index in [0.29, 0.717) is 30.3 Å². The first kappa shape index (κ1) is 11.6. The van der Waals surface area contributed by atoms with Gasteiger partial charge in [0.2, 0.25) is 0 Å². The molecule has 0 atom stereocenters. The van der Waals surface area contributed by atoms with Gasteiger partial charge >= 0.3 is 0 Å². The van der Waals surface area contributed by atoms with Gasteiger partial charge < -0.3 is 9.47 Å². The van der Waals surface area contributed by atoms with E-state index in [1.165, 1.54) is 0 Å². The standard InChI is InChI=1S/C12H16O3/c1-3-7-15-11-6-5-10(9-13)8-12(11)14-4-2/h5-6,8-9H,3-4,7H2,1-2H3. The molecular weight excluding hydrogens is 192 g/mol. The lowest BCUT2D eigenvalue weighted by molar-refractivity contribution is 0.112. The lowest BCUT2D eigenvalue weighted by Crippen LogP contribution is -2.00. The van der Waals surface area contributed by atoms with Crippen molar-refractivity contribution in [1.82, 2.24) is 0 Å². The van der Waals surface area contributed by atoms with Gasteiger partial charge in [-0.25, -0.2) is 0 Å². The van der Waals surface area contributed by atoms with Gasteiger partial charge in [-0.3, -0.25) is 4.79 Å². The topological polar surface area (TPSA) is 35.5 Å². The van der Waals surface area contributed by atoms with Crippen LogP contribution >= 0.6 is 0 Å². The van der Waals surface area contributed by atoms with Crippen LogP contribution in [0.4, 0.5) is 0 Å². The van der Waals surface area contributed by atoms with E-state index in [1.807, 2.05) is 13.8 Å². The van der Waals surface area contributed by atoms with E-state index >= 15 is 0 Å². The highest BCUT2D eigenvalue weighted by Crippen LogP contribution is 2.28. The van der Waals surface area contributed by atoms with Crippen LogP contribution in [0.3, 0.4) is 0 Å². The van der Waals surface area contributed by atoms with Gasteiger partial charge in [0, 0.05) is 5.56 Å². The molecule has 82 valence electrons. The molecule has 0 unspecified atom stereocenters. The van der Waals surface area contributed by atoms with Crippen LogP contribution in [-0.4, -0.2) is 19.5 Å². The predicted molar refractivity (Wildman–Crippen MR) is 58.8 cm³/mol. The van der Waals surface area contributed by atoms with Crippen LogP contribution < -0.4 is 9.47 Å². The largest absolute Gasteiger partial charge is 0.490 e.